The van der Waals surface area contributed by atoms with Gasteiger partial charge in [-0.3, -0.25) is 14.9 Å². The zero-order valence-corrected chi connectivity index (χ0v) is 14.4. The van der Waals surface area contributed by atoms with Crippen LogP contribution < -0.4 is 4.90 Å². The molecule has 6 heteroatoms. The minimum absolute atomic E-state index is 0.0163. The Labute approximate surface area is 144 Å². The SMILES string of the molecule is CC(=O)N1C[C@@H](C)c2cc(SCc3ccccc3)cc([N+](=O)[O-])c21. The van der Waals surface area contributed by atoms with Gasteiger partial charge in [-0.25, -0.2) is 0 Å². The van der Waals surface area contributed by atoms with Gasteiger partial charge in [0.15, 0.2) is 0 Å². The minimum Gasteiger partial charge on any atom is -0.306 e. The van der Waals surface area contributed by atoms with E-state index in [9.17, 15) is 14.9 Å². The third kappa shape index (κ3) is 3.14. The summed E-state index contributed by atoms with van der Waals surface area (Å²) in [6.07, 6.45) is 0. The van der Waals surface area contributed by atoms with Gasteiger partial charge in [-0.1, -0.05) is 37.3 Å². The number of nitro benzene ring substituents is 1. The highest BCUT2D eigenvalue weighted by atomic mass is 32.2. The fraction of sp³-hybridized carbons (Fsp3) is 0.278. The Morgan fingerprint density at radius 2 is 2.04 bits per heavy atom. The normalized spacial score (nSPS) is 16.1. The lowest BCUT2D eigenvalue weighted by molar-refractivity contribution is -0.384. The van der Waals surface area contributed by atoms with Gasteiger partial charge in [0.2, 0.25) is 5.91 Å². The first kappa shape index (κ1) is 16.5. The van der Waals surface area contributed by atoms with Crippen molar-refractivity contribution in [2.24, 2.45) is 0 Å². The lowest BCUT2D eigenvalue weighted by Gasteiger charge is -2.15. The van der Waals surface area contributed by atoms with Crippen LogP contribution in [0.4, 0.5) is 11.4 Å². The number of rotatable bonds is 4. The second-order valence-corrected chi connectivity index (χ2v) is 6.99. The summed E-state index contributed by atoms with van der Waals surface area (Å²) in [4.78, 5) is 25.3. The van der Waals surface area contributed by atoms with Crippen molar-refractivity contribution in [3.8, 4) is 0 Å². The molecule has 24 heavy (non-hydrogen) atoms. The summed E-state index contributed by atoms with van der Waals surface area (Å²) >= 11 is 1.57. The van der Waals surface area contributed by atoms with Gasteiger partial charge in [0, 0.05) is 36.1 Å². The zero-order valence-electron chi connectivity index (χ0n) is 13.6. The maximum absolute atomic E-state index is 11.8. The van der Waals surface area contributed by atoms with E-state index < -0.39 is 0 Å². The molecule has 0 bridgehead atoms. The quantitative estimate of drug-likeness (QED) is 0.470. The summed E-state index contributed by atoms with van der Waals surface area (Å²) in [7, 11) is 0. The molecule has 5 nitrogen and oxygen atoms in total. The van der Waals surface area contributed by atoms with Crippen molar-refractivity contribution < 1.29 is 9.72 Å². The van der Waals surface area contributed by atoms with Gasteiger partial charge < -0.3 is 4.90 Å². The van der Waals surface area contributed by atoms with Crippen molar-refractivity contribution in [1.29, 1.82) is 0 Å². The van der Waals surface area contributed by atoms with E-state index in [4.69, 9.17) is 0 Å². The highest BCUT2D eigenvalue weighted by Gasteiger charge is 2.35. The molecule has 0 N–H and O–H groups in total. The molecule has 0 fully saturated rings. The molecule has 1 heterocycles. The number of benzene rings is 2. The van der Waals surface area contributed by atoms with E-state index in [0.29, 0.717) is 12.2 Å². The van der Waals surface area contributed by atoms with Gasteiger partial charge >= 0.3 is 0 Å². The van der Waals surface area contributed by atoms with Crippen molar-refractivity contribution in [2.75, 3.05) is 11.4 Å². The summed E-state index contributed by atoms with van der Waals surface area (Å²) in [5.74, 6) is 0.690. The average Bonchev–Trinajstić information content (AvgIpc) is 2.90. The van der Waals surface area contributed by atoms with E-state index in [0.717, 1.165) is 16.2 Å². The molecule has 124 valence electrons. The standard InChI is InChI=1S/C18H18N2O3S/c1-12-10-19(13(2)21)18-16(12)8-15(9-17(18)20(22)23)24-11-14-6-4-3-5-7-14/h3-9,12H,10-11H2,1-2H3/t12-/m1/s1. The lowest BCUT2D eigenvalue weighted by Crippen LogP contribution is -2.27. The number of thioether (sulfide) groups is 1. The molecule has 0 saturated heterocycles. The molecule has 0 unspecified atom stereocenters. The predicted molar refractivity (Wildman–Crippen MR) is 95.5 cm³/mol. The molecule has 1 atom stereocenters. The third-order valence-corrected chi connectivity index (χ3v) is 5.22. The molecule has 0 saturated carbocycles. The van der Waals surface area contributed by atoms with E-state index in [2.05, 4.69) is 0 Å². The predicted octanol–water partition coefficient (Wildman–Crippen LogP) is 4.36. The third-order valence-electron chi connectivity index (χ3n) is 4.18. The number of nitro groups is 1. The van der Waals surface area contributed by atoms with Crippen LogP contribution in [0.1, 0.15) is 30.9 Å². The van der Waals surface area contributed by atoms with Crippen molar-refractivity contribution in [2.45, 2.75) is 30.4 Å². The van der Waals surface area contributed by atoms with E-state index >= 15 is 0 Å². The number of hydrogen-bond donors (Lipinski definition) is 0. The van der Waals surface area contributed by atoms with Crippen molar-refractivity contribution in [3.63, 3.8) is 0 Å². The van der Waals surface area contributed by atoms with Gasteiger partial charge in [0.25, 0.3) is 5.69 Å². The topological polar surface area (TPSA) is 63.5 Å². The van der Waals surface area contributed by atoms with Gasteiger partial charge in [0.1, 0.15) is 5.69 Å². The highest BCUT2D eigenvalue weighted by Crippen LogP contribution is 2.45. The number of carbonyl (C=O) groups is 1. The van der Waals surface area contributed by atoms with Crippen LogP contribution in [0, 0.1) is 10.1 Å². The van der Waals surface area contributed by atoms with Gasteiger partial charge in [0.05, 0.1) is 4.92 Å². The molecule has 2 aromatic carbocycles. The fourth-order valence-corrected chi connectivity index (χ4v) is 3.93. The van der Waals surface area contributed by atoms with Crippen LogP contribution in [0.2, 0.25) is 0 Å². The van der Waals surface area contributed by atoms with Crippen LogP contribution in [0.15, 0.2) is 47.4 Å². The van der Waals surface area contributed by atoms with E-state index in [1.54, 1.807) is 17.8 Å². The average molecular weight is 342 g/mol. The largest absolute Gasteiger partial charge is 0.306 e. The van der Waals surface area contributed by atoms with E-state index in [-0.39, 0.29) is 22.4 Å². The van der Waals surface area contributed by atoms with Crippen LogP contribution in [-0.2, 0) is 10.5 Å². The summed E-state index contributed by atoms with van der Waals surface area (Å²) in [6.45, 7) is 3.94. The molecule has 1 amide bonds. The monoisotopic (exact) mass is 342 g/mol. The molecule has 0 aliphatic carbocycles. The molecular weight excluding hydrogens is 324 g/mol. The first-order valence-electron chi connectivity index (χ1n) is 7.74. The maximum Gasteiger partial charge on any atom is 0.294 e. The second-order valence-electron chi connectivity index (χ2n) is 5.94. The number of carbonyl (C=O) groups excluding carboxylic acids is 1. The lowest BCUT2D eigenvalue weighted by atomic mass is 10.0. The van der Waals surface area contributed by atoms with E-state index in [1.807, 2.05) is 43.3 Å². The van der Waals surface area contributed by atoms with Crippen LogP contribution >= 0.6 is 11.8 Å². The van der Waals surface area contributed by atoms with Crippen molar-refractivity contribution >= 4 is 29.0 Å². The van der Waals surface area contributed by atoms with Crippen LogP contribution in [0.3, 0.4) is 0 Å². The van der Waals surface area contributed by atoms with Gasteiger partial charge in [-0.15, -0.1) is 11.8 Å². The molecular formula is C18H18N2O3S. The molecule has 0 radical (unpaired) electrons. The Bertz CT molecular complexity index is 792. The number of amides is 1. The Morgan fingerprint density at radius 3 is 2.67 bits per heavy atom. The number of fused-ring (bicyclic) bond motifs is 1. The molecule has 0 spiro atoms. The molecule has 1 aliphatic heterocycles. The van der Waals surface area contributed by atoms with Gasteiger partial charge in [-0.2, -0.15) is 0 Å². The molecule has 1 aliphatic rings. The van der Waals surface area contributed by atoms with Gasteiger partial charge in [-0.05, 0) is 17.2 Å². The summed E-state index contributed by atoms with van der Waals surface area (Å²) in [5.41, 5.74) is 2.53. The van der Waals surface area contributed by atoms with Crippen LogP contribution in [0.5, 0.6) is 0 Å². The Balaban J connectivity index is 1.96. The fourth-order valence-electron chi connectivity index (χ4n) is 3.00. The van der Waals surface area contributed by atoms with E-state index in [1.165, 1.54) is 17.4 Å². The molecule has 3 rings (SSSR count). The molecule has 0 aromatic heterocycles. The zero-order chi connectivity index (χ0) is 17.3. The first-order valence-corrected chi connectivity index (χ1v) is 8.73. The molecule has 2 aromatic rings. The minimum atomic E-state index is -0.389. The Morgan fingerprint density at radius 1 is 1.33 bits per heavy atom. The Hall–Kier alpha value is -2.34. The summed E-state index contributed by atoms with van der Waals surface area (Å²) in [6, 6.07) is 13.6. The Kier molecular flexibility index (Phi) is 4.57. The van der Waals surface area contributed by atoms with Crippen molar-refractivity contribution in [3.05, 3.63) is 63.7 Å². The summed E-state index contributed by atoms with van der Waals surface area (Å²) in [5, 5.41) is 11.5. The van der Waals surface area contributed by atoms with Crippen LogP contribution in [0.25, 0.3) is 0 Å². The van der Waals surface area contributed by atoms with Crippen LogP contribution in [-0.4, -0.2) is 17.4 Å². The maximum atomic E-state index is 11.8. The smallest absolute Gasteiger partial charge is 0.294 e. The first-order chi connectivity index (χ1) is 11.5. The summed E-state index contributed by atoms with van der Waals surface area (Å²) < 4.78 is 0. The second kappa shape index (κ2) is 6.65. The number of hydrogen-bond acceptors (Lipinski definition) is 4. The highest BCUT2D eigenvalue weighted by molar-refractivity contribution is 7.98. The number of anilines is 1. The van der Waals surface area contributed by atoms with Crippen molar-refractivity contribution in [1.82, 2.24) is 0 Å². The number of nitrogens with zero attached hydrogens (tertiary/aromatic N) is 2.